The van der Waals surface area contributed by atoms with Crippen molar-refractivity contribution in [2.45, 2.75) is 25.3 Å². The first-order valence-corrected chi connectivity index (χ1v) is 7.12. The van der Waals surface area contributed by atoms with Crippen LogP contribution < -0.4 is 5.32 Å². The fourth-order valence-corrected chi connectivity index (χ4v) is 2.59. The summed E-state index contributed by atoms with van der Waals surface area (Å²) in [4.78, 5) is 0. The Balaban J connectivity index is 1.94. The summed E-state index contributed by atoms with van der Waals surface area (Å²) in [7, 11) is 1.95. The molecule has 0 radical (unpaired) electrons. The van der Waals surface area contributed by atoms with Crippen LogP contribution >= 0.6 is 15.9 Å². The molecule has 0 saturated carbocycles. The van der Waals surface area contributed by atoms with Gasteiger partial charge in [0.2, 0.25) is 0 Å². The molecule has 1 atom stereocenters. The Morgan fingerprint density at radius 2 is 2.21 bits per heavy atom. The number of benzene rings is 1. The molecule has 19 heavy (non-hydrogen) atoms. The molecule has 0 amide bonds. The van der Waals surface area contributed by atoms with E-state index in [-0.39, 0.29) is 5.82 Å². The van der Waals surface area contributed by atoms with Crippen LogP contribution in [0.5, 0.6) is 0 Å². The van der Waals surface area contributed by atoms with Gasteiger partial charge in [-0.05, 0) is 49.7 Å². The van der Waals surface area contributed by atoms with E-state index in [9.17, 15) is 4.39 Å². The van der Waals surface area contributed by atoms with E-state index >= 15 is 0 Å². The fraction of sp³-hybridized carbons (Fsp3) is 0.333. The highest BCUT2D eigenvalue weighted by atomic mass is 79.9. The zero-order valence-corrected chi connectivity index (χ0v) is 12.4. The molecule has 1 unspecified atom stereocenters. The second kappa shape index (κ2) is 6.87. The third kappa shape index (κ3) is 4.18. The van der Waals surface area contributed by atoms with E-state index in [0.29, 0.717) is 6.04 Å². The molecular weight excluding hydrogens is 309 g/mol. The van der Waals surface area contributed by atoms with Crippen LogP contribution in [0, 0.1) is 5.82 Å². The molecule has 2 nitrogen and oxygen atoms in total. The van der Waals surface area contributed by atoms with Crippen LogP contribution in [0.1, 0.15) is 17.7 Å². The molecule has 2 rings (SSSR count). The van der Waals surface area contributed by atoms with Gasteiger partial charge in [-0.15, -0.1) is 0 Å². The maximum absolute atomic E-state index is 13.0. The summed E-state index contributed by atoms with van der Waals surface area (Å²) >= 11 is 3.41. The van der Waals surface area contributed by atoms with E-state index in [1.54, 1.807) is 6.26 Å². The molecular formula is C15H17BrFNO. The van der Waals surface area contributed by atoms with Crippen molar-refractivity contribution in [2.75, 3.05) is 7.05 Å². The van der Waals surface area contributed by atoms with Gasteiger partial charge >= 0.3 is 0 Å². The predicted octanol–water partition coefficient (Wildman–Crippen LogP) is 3.94. The molecule has 0 aliphatic heterocycles. The smallest absolute Gasteiger partial charge is 0.124 e. The van der Waals surface area contributed by atoms with E-state index in [0.717, 1.165) is 35.1 Å². The van der Waals surface area contributed by atoms with Gasteiger partial charge in [0.05, 0.1) is 6.26 Å². The monoisotopic (exact) mass is 325 g/mol. The van der Waals surface area contributed by atoms with Crippen LogP contribution in [0.2, 0.25) is 0 Å². The minimum atomic E-state index is -0.216. The van der Waals surface area contributed by atoms with Gasteiger partial charge < -0.3 is 9.73 Å². The Morgan fingerprint density at radius 3 is 2.84 bits per heavy atom. The van der Waals surface area contributed by atoms with Crippen molar-refractivity contribution in [1.29, 1.82) is 0 Å². The molecule has 0 saturated heterocycles. The van der Waals surface area contributed by atoms with Gasteiger partial charge in [0.1, 0.15) is 11.6 Å². The SMILES string of the molecule is CNC(CCc1ccco1)Cc1ccc(F)cc1Br. The zero-order valence-electron chi connectivity index (χ0n) is 10.8. The third-order valence-electron chi connectivity index (χ3n) is 3.21. The van der Waals surface area contributed by atoms with Crippen molar-refractivity contribution < 1.29 is 8.81 Å². The third-order valence-corrected chi connectivity index (χ3v) is 3.95. The number of rotatable bonds is 6. The van der Waals surface area contributed by atoms with Crippen LogP contribution in [0.4, 0.5) is 4.39 Å². The highest BCUT2D eigenvalue weighted by Gasteiger charge is 2.11. The summed E-state index contributed by atoms with van der Waals surface area (Å²) in [6.07, 6.45) is 4.43. The largest absolute Gasteiger partial charge is 0.469 e. The maximum Gasteiger partial charge on any atom is 0.124 e. The van der Waals surface area contributed by atoms with E-state index in [1.807, 2.05) is 25.2 Å². The van der Waals surface area contributed by atoms with Crippen molar-refractivity contribution >= 4 is 15.9 Å². The second-order valence-corrected chi connectivity index (χ2v) is 5.40. The Bertz CT molecular complexity index is 513. The standard InChI is InChI=1S/C15H17BrFNO/c1-18-13(6-7-14-3-2-8-19-14)9-11-4-5-12(17)10-15(11)16/h2-5,8,10,13,18H,6-7,9H2,1H3. The first-order chi connectivity index (χ1) is 9.19. The second-order valence-electron chi connectivity index (χ2n) is 4.54. The lowest BCUT2D eigenvalue weighted by atomic mass is 10.0. The summed E-state index contributed by atoms with van der Waals surface area (Å²) in [6.45, 7) is 0. The lowest BCUT2D eigenvalue weighted by molar-refractivity contribution is 0.460. The van der Waals surface area contributed by atoms with Crippen LogP contribution in [0.3, 0.4) is 0 Å². The summed E-state index contributed by atoms with van der Waals surface area (Å²) < 4.78 is 19.2. The molecule has 102 valence electrons. The minimum Gasteiger partial charge on any atom is -0.469 e. The fourth-order valence-electron chi connectivity index (χ4n) is 2.07. The van der Waals surface area contributed by atoms with Gasteiger partial charge in [-0.2, -0.15) is 0 Å². The molecule has 2 aromatic rings. The molecule has 1 aromatic carbocycles. The molecule has 0 bridgehead atoms. The lowest BCUT2D eigenvalue weighted by Crippen LogP contribution is -2.28. The normalized spacial score (nSPS) is 12.6. The average molecular weight is 326 g/mol. The van der Waals surface area contributed by atoms with Gasteiger partial charge in [-0.1, -0.05) is 22.0 Å². The van der Waals surface area contributed by atoms with Crippen molar-refractivity contribution in [1.82, 2.24) is 5.32 Å². The highest BCUT2D eigenvalue weighted by molar-refractivity contribution is 9.10. The van der Waals surface area contributed by atoms with Gasteiger partial charge in [0.25, 0.3) is 0 Å². The quantitative estimate of drug-likeness (QED) is 0.870. The van der Waals surface area contributed by atoms with Crippen LogP contribution in [-0.2, 0) is 12.8 Å². The Morgan fingerprint density at radius 1 is 1.37 bits per heavy atom. The highest BCUT2D eigenvalue weighted by Crippen LogP contribution is 2.20. The number of aryl methyl sites for hydroxylation is 1. The average Bonchev–Trinajstić information content (AvgIpc) is 2.90. The first kappa shape index (κ1) is 14.3. The summed E-state index contributed by atoms with van der Waals surface area (Å²) in [6, 6.07) is 9.07. The van der Waals surface area contributed by atoms with E-state index in [4.69, 9.17) is 4.42 Å². The number of furan rings is 1. The summed E-state index contributed by atoms with van der Waals surface area (Å²) in [5.41, 5.74) is 1.11. The first-order valence-electron chi connectivity index (χ1n) is 6.32. The minimum absolute atomic E-state index is 0.216. The van der Waals surface area contributed by atoms with Gasteiger partial charge in [0, 0.05) is 16.9 Å². The topological polar surface area (TPSA) is 25.2 Å². The molecule has 4 heteroatoms. The maximum atomic E-state index is 13.0. The molecule has 0 fully saturated rings. The Labute approximate surface area is 121 Å². The summed E-state index contributed by atoms with van der Waals surface area (Å²) in [5.74, 6) is 0.783. The summed E-state index contributed by atoms with van der Waals surface area (Å²) in [5, 5.41) is 3.30. The number of nitrogens with one attached hydrogen (secondary N) is 1. The zero-order chi connectivity index (χ0) is 13.7. The number of hydrogen-bond donors (Lipinski definition) is 1. The Hall–Kier alpha value is -1.13. The predicted molar refractivity (Wildman–Crippen MR) is 77.7 cm³/mol. The van der Waals surface area contributed by atoms with E-state index in [2.05, 4.69) is 21.2 Å². The van der Waals surface area contributed by atoms with Gasteiger partial charge in [-0.3, -0.25) is 0 Å². The molecule has 0 spiro atoms. The number of halogens is 2. The number of hydrogen-bond acceptors (Lipinski definition) is 2. The molecule has 0 aliphatic carbocycles. The van der Waals surface area contributed by atoms with Crippen molar-refractivity contribution in [3.63, 3.8) is 0 Å². The molecule has 1 aromatic heterocycles. The molecule has 1 N–H and O–H groups in total. The van der Waals surface area contributed by atoms with Crippen molar-refractivity contribution in [3.05, 3.63) is 58.2 Å². The van der Waals surface area contributed by atoms with E-state index < -0.39 is 0 Å². The van der Waals surface area contributed by atoms with Crippen LogP contribution in [0.15, 0.2) is 45.5 Å². The Kier molecular flexibility index (Phi) is 5.16. The van der Waals surface area contributed by atoms with Crippen molar-refractivity contribution in [2.24, 2.45) is 0 Å². The van der Waals surface area contributed by atoms with Crippen LogP contribution in [0.25, 0.3) is 0 Å². The van der Waals surface area contributed by atoms with Crippen LogP contribution in [-0.4, -0.2) is 13.1 Å². The van der Waals surface area contributed by atoms with Gasteiger partial charge in [-0.25, -0.2) is 4.39 Å². The lowest BCUT2D eigenvalue weighted by Gasteiger charge is -2.16. The van der Waals surface area contributed by atoms with Gasteiger partial charge in [0.15, 0.2) is 0 Å². The molecule has 0 aliphatic rings. The van der Waals surface area contributed by atoms with E-state index in [1.165, 1.54) is 12.1 Å². The van der Waals surface area contributed by atoms with Crippen molar-refractivity contribution in [3.8, 4) is 0 Å². The molecule has 1 heterocycles. The number of likely N-dealkylation sites (N-methyl/N-ethyl adjacent to an activating group) is 1.